The molecule has 1 aromatic heterocycles. The third kappa shape index (κ3) is 4.39. The molecule has 2 aromatic rings. The highest BCUT2D eigenvalue weighted by molar-refractivity contribution is 5.97. The molecule has 1 N–H and O–H groups in total. The van der Waals surface area contributed by atoms with Gasteiger partial charge in [0.25, 0.3) is 5.91 Å². The Balaban J connectivity index is 1.63. The van der Waals surface area contributed by atoms with E-state index in [-0.39, 0.29) is 17.5 Å². The van der Waals surface area contributed by atoms with Crippen molar-refractivity contribution in [3.63, 3.8) is 0 Å². The summed E-state index contributed by atoms with van der Waals surface area (Å²) in [4.78, 5) is 25.5. The van der Waals surface area contributed by atoms with E-state index in [4.69, 9.17) is 4.74 Å². The van der Waals surface area contributed by atoms with Gasteiger partial charge in [0.1, 0.15) is 17.9 Å². The van der Waals surface area contributed by atoms with Gasteiger partial charge in [0.05, 0.1) is 11.8 Å². The summed E-state index contributed by atoms with van der Waals surface area (Å²) in [5.41, 5.74) is 3.10. The maximum Gasteiger partial charge on any atom is 0.257 e. The zero-order valence-electron chi connectivity index (χ0n) is 18.2. The summed E-state index contributed by atoms with van der Waals surface area (Å²) in [6.45, 7) is 9.85. The second-order valence-corrected chi connectivity index (χ2v) is 8.12. The lowest BCUT2D eigenvalue weighted by molar-refractivity contribution is 0.0713. The molecule has 31 heavy (non-hydrogen) atoms. The Labute approximate surface area is 181 Å². The van der Waals surface area contributed by atoms with E-state index < -0.39 is 5.82 Å². The molecule has 0 aliphatic carbocycles. The fourth-order valence-electron chi connectivity index (χ4n) is 4.02. The van der Waals surface area contributed by atoms with E-state index in [0.29, 0.717) is 23.9 Å². The molecule has 164 valence electrons. The van der Waals surface area contributed by atoms with Gasteiger partial charge in [-0.15, -0.1) is 0 Å². The first-order valence-corrected chi connectivity index (χ1v) is 10.7. The smallest absolute Gasteiger partial charge is 0.257 e. The SMILES string of the molecule is CCN(C(=O)c1cc(F)ccc1Oc1cncnc1N1CCC(=C2CNC2)C1)C(C)C. The van der Waals surface area contributed by atoms with E-state index in [1.807, 2.05) is 20.8 Å². The maximum absolute atomic E-state index is 14.0. The van der Waals surface area contributed by atoms with Crippen LogP contribution in [0.1, 0.15) is 37.6 Å². The number of aromatic nitrogens is 2. The Kier molecular flexibility index (Phi) is 6.18. The fourth-order valence-corrected chi connectivity index (χ4v) is 4.02. The summed E-state index contributed by atoms with van der Waals surface area (Å²) in [5, 5.41) is 3.29. The third-order valence-corrected chi connectivity index (χ3v) is 5.82. The quantitative estimate of drug-likeness (QED) is 0.716. The number of halogens is 1. The Morgan fingerprint density at radius 2 is 2.10 bits per heavy atom. The predicted octanol–water partition coefficient (Wildman–Crippen LogP) is 3.39. The van der Waals surface area contributed by atoms with E-state index in [0.717, 1.165) is 32.6 Å². The molecule has 0 unspecified atom stereocenters. The number of nitrogens with zero attached hydrogens (tertiary/aromatic N) is 4. The number of ether oxygens (including phenoxy) is 1. The number of carbonyl (C=O) groups is 1. The Hall–Kier alpha value is -3.00. The van der Waals surface area contributed by atoms with Crippen LogP contribution in [0.25, 0.3) is 0 Å². The van der Waals surface area contributed by atoms with Gasteiger partial charge in [0.2, 0.25) is 0 Å². The van der Waals surface area contributed by atoms with Crippen molar-refractivity contribution in [3.8, 4) is 11.5 Å². The largest absolute Gasteiger partial charge is 0.451 e. The summed E-state index contributed by atoms with van der Waals surface area (Å²) < 4.78 is 20.2. The molecule has 1 amide bonds. The van der Waals surface area contributed by atoms with Crippen molar-refractivity contribution in [2.75, 3.05) is 37.6 Å². The summed E-state index contributed by atoms with van der Waals surface area (Å²) in [7, 11) is 0. The number of carbonyl (C=O) groups excluding carboxylic acids is 1. The number of hydrogen-bond acceptors (Lipinski definition) is 6. The lowest BCUT2D eigenvalue weighted by Gasteiger charge is -2.26. The van der Waals surface area contributed by atoms with Crippen LogP contribution in [0.4, 0.5) is 10.2 Å². The molecule has 8 heteroatoms. The summed E-state index contributed by atoms with van der Waals surface area (Å²) in [6.07, 6.45) is 4.09. The molecule has 0 spiro atoms. The van der Waals surface area contributed by atoms with Crippen LogP contribution in [-0.4, -0.2) is 59.5 Å². The third-order valence-electron chi connectivity index (χ3n) is 5.82. The standard InChI is InChI=1S/C23H28FN5O2/c1-4-29(15(2)3)23(30)19-9-18(24)5-6-20(19)31-21-12-26-14-27-22(21)28-8-7-16(13-28)17-10-25-11-17/h5-6,9,12,14-15,25H,4,7-8,10-11,13H2,1-3H3. The number of rotatable bonds is 6. The summed E-state index contributed by atoms with van der Waals surface area (Å²) in [6, 6.07) is 4.00. The first-order chi connectivity index (χ1) is 15.0. The first-order valence-electron chi connectivity index (χ1n) is 10.7. The minimum Gasteiger partial charge on any atom is -0.451 e. The number of benzene rings is 1. The normalized spacial score (nSPS) is 16.0. The van der Waals surface area contributed by atoms with Crippen molar-refractivity contribution in [1.29, 1.82) is 0 Å². The fraction of sp³-hybridized carbons (Fsp3) is 0.435. The number of anilines is 1. The average molecular weight is 426 g/mol. The minimum atomic E-state index is -0.482. The van der Waals surface area contributed by atoms with Gasteiger partial charge in [-0.2, -0.15) is 0 Å². The molecule has 3 heterocycles. The maximum atomic E-state index is 14.0. The molecule has 7 nitrogen and oxygen atoms in total. The van der Waals surface area contributed by atoms with Gasteiger partial charge in [-0.05, 0) is 56.5 Å². The Morgan fingerprint density at radius 3 is 2.77 bits per heavy atom. The molecule has 0 bridgehead atoms. The monoisotopic (exact) mass is 425 g/mol. The Morgan fingerprint density at radius 1 is 1.29 bits per heavy atom. The highest BCUT2D eigenvalue weighted by Gasteiger charge is 2.27. The van der Waals surface area contributed by atoms with Crippen LogP contribution >= 0.6 is 0 Å². The number of hydrogen-bond donors (Lipinski definition) is 1. The summed E-state index contributed by atoms with van der Waals surface area (Å²) >= 11 is 0. The van der Waals surface area contributed by atoms with Crippen LogP contribution in [0.15, 0.2) is 41.9 Å². The molecular weight excluding hydrogens is 397 g/mol. The van der Waals surface area contributed by atoms with Crippen LogP contribution in [0.5, 0.6) is 11.5 Å². The number of amides is 1. The molecule has 4 rings (SSSR count). The molecule has 2 aliphatic heterocycles. The molecule has 2 saturated heterocycles. The molecule has 0 atom stereocenters. The van der Waals surface area contributed by atoms with E-state index in [1.54, 1.807) is 11.1 Å². The molecule has 2 fully saturated rings. The average Bonchev–Trinajstić information content (AvgIpc) is 3.17. The van der Waals surface area contributed by atoms with Crippen molar-refractivity contribution >= 4 is 11.7 Å². The van der Waals surface area contributed by atoms with Gasteiger partial charge in [-0.3, -0.25) is 4.79 Å². The highest BCUT2D eigenvalue weighted by Crippen LogP contribution is 2.35. The zero-order chi connectivity index (χ0) is 22.0. The van der Waals surface area contributed by atoms with Crippen molar-refractivity contribution in [2.24, 2.45) is 0 Å². The molecule has 1 aromatic carbocycles. The van der Waals surface area contributed by atoms with Crippen LogP contribution in [0, 0.1) is 5.82 Å². The van der Waals surface area contributed by atoms with Crippen molar-refractivity contribution in [1.82, 2.24) is 20.2 Å². The molecule has 2 aliphatic rings. The van der Waals surface area contributed by atoms with E-state index in [9.17, 15) is 9.18 Å². The molecule has 0 saturated carbocycles. The highest BCUT2D eigenvalue weighted by atomic mass is 19.1. The van der Waals surface area contributed by atoms with Gasteiger partial charge in [0.15, 0.2) is 11.6 Å². The lowest BCUT2D eigenvalue weighted by Crippen LogP contribution is -2.36. The topological polar surface area (TPSA) is 70.6 Å². The van der Waals surface area contributed by atoms with Gasteiger partial charge in [-0.1, -0.05) is 0 Å². The minimum absolute atomic E-state index is 0.0127. The van der Waals surface area contributed by atoms with Crippen molar-refractivity contribution in [3.05, 3.63) is 53.3 Å². The van der Waals surface area contributed by atoms with E-state index in [2.05, 4.69) is 20.2 Å². The van der Waals surface area contributed by atoms with Crippen molar-refractivity contribution in [2.45, 2.75) is 33.2 Å². The van der Waals surface area contributed by atoms with Crippen LogP contribution in [0.2, 0.25) is 0 Å². The Bertz CT molecular complexity index is 1000. The van der Waals surface area contributed by atoms with Crippen LogP contribution < -0.4 is 15.0 Å². The summed E-state index contributed by atoms with van der Waals surface area (Å²) in [5.74, 6) is 0.675. The predicted molar refractivity (Wildman–Crippen MR) is 117 cm³/mol. The first kappa shape index (κ1) is 21.2. The van der Waals surface area contributed by atoms with E-state index >= 15 is 0 Å². The van der Waals surface area contributed by atoms with Crippen LogP contribution in [-0.2, 0) is 0 Å². The van der Waals surface area contributed by atoms with E-state index in [1.165, 1.54) is 35.7 Å². The second kappa shape index (κ2) is 9.01. The van der Waals surface area contributed by atoms with Crippen molar-refractivity contribution < 1.29 is 13.9 Å². The van der Waals surface area contributed by atoms with Crippen LogP contribution in [0.3, 0.4) is 0 Å². The van der Waals surface area contributed by atoms with Gasteiger partial charge in [0, 0.05) is 38.8 Å². The van der Waals surface area contributed by atoms with Gasteiger partial charge >= 0.3 is 0 Å². The second-order valence-electron chi connectivity index (χ2n) is 8.12. The molecule has 0 radical (unpaired) electrons. The van der Waals surface area contributed by atoms with Gasteiger partial charge < -0.3 is 19.9 Å². The zero-order valence-corrected chi connectivity index (χ0v) is 18.2. The van der Waals surface area contributed by atoms with Gasteiger partial charge in [-0.25, -0.2) is 14.4 Å². The lowest BCUT2D eigenvalue weighted by atomic mass is 10.0. The molecular formula is C23H28FN5O2. The number of nitrogens with one attached hydrogen (secondary N) is 1.